The molecule has 2 aromatic rings. The third-order valence-corrected chi connectivity index (χ3v) is 6.96. The first-order chi connectivity index (χ1) is 14.0. The molecule has 0 atom stereocenters. The van der Waals surface area contributed by atoms with Crippen LogP contribution < -0.4 is 5.32 Å². The van der Waals surface area contributed by atoms with E-state index in [9.17, 15) is 18.0 Å². The molecule has 1 aromatic heterocycles. The van der Waals surface area contributed by atoms with Gasteiger partial charge in [-0.25, -0.2) is 0 Å². The average Bonchev–Trinajstić information content (AvgIpc) is 2.98. The lowest BCUT2D eigenvalue weighted by molar-refractivity contribution is 0.0813. The van der Waals surface area contributed by atoms with Gasteiger partial charge in [0, 0.05) is 23.2 Å². The number of nitrogens with one attached hydrogen (secondary N) is 1. The minimum Gasteiger partial charge on any atom is -0.459 e. The molecule has 2 aliphatic carbocycles. The second-order valence-electron chi connectivity index (χ2n) is 8.73. The molecule has 2 aliphatic rings. The fourth-order valence-corrected chi connectivity index (χ4v) is 5.06. The van der Waals surface area contributed by atoms with Gasteiger partial charge in [0.05, 0.1) is 17.9 Å². The largest absolute Gasteiger partial charge is 0.459 e. The summed E-state index contributed by atoms with van der Waals surface area (Å²) >= 11 is 0. The van der Waals surface area contributed by atoms with Crippen LogP contribution in [0.5, 0.6) is 0 Å². The number of benzene rings is 1. The second kappa shape index (κ2) is 8.16. The van der Waals surface area contributed by atoms with Gasteiger partial charge in [-0.1, -0.05) is 26.0 Å². The van der Waals surface area contributed by atoms with Crippen molar-refractivity contribution in [1.29, 1.82) is 0 Å². The molecule has 31 heavy (non-hydrogen) atoms. The van der Waals surface area contributed by atoms with Gasteiger partial charge in [-0.15, -0.1) is 12.4 Å². The minimum atomic E-state index is -4.06. The zero-order valence-electron chi connectivity index (χ0n) is 17.7. The highest BCUT2D eigenvalue weighted by Crippen LogP contribution is 2.45. The molecule has 1 aromatic carbocycles. The van der Waals surface area contributed by atoms with Crippen LogP contribution in [-0.2, 0) is 28.5 Å². The van der Waals surface area contributed by atoms with Crippen LogP contribution in [0.3, 0.4) is 0 Å². The summed E-state index contributed by atoms with van der Waals surface area (Å²) in [5.41, 5.74) is 4.01. The first-order valence-electron chi connectivity index (χ1n) is 10.0. The molecular formula is C22H26ClNO6S. The third kappa shape index (κ3) is 4.09. The number of rotatable bonds is 5. The summed E-state index contributed by atoms with van der Waals surface area (Å²) in [4.78, 5) is 26.1. The molecule has 4 rings (SSSR count). The number of carbonyl (C=O) groups is 2. The number of Topliss-reactive ketones (excluding diaryl/α,β-unsaturated/α-hetero) is 2. The maximum absolute atomic E-state index is 13.1. The van der Waals surface area contributed by atoms with Crippen LogP contribution in [0.1, 0.15) is 69.9 Å². The van der Waals surface area contributed by atoms with Gasteiger partial charge in [0.2, 0.25) is 11.6 Å². The minimum absolute atomic E-state index is 0. The molecule has 0 saturated carbocycles. The Morgan fingerprint density at radius 3 is 2.52 bits per heavy atom. The Bertz CT molecular complexity index is 1180. The van der Waals surface area contributed by atoms with Crippen molar-refractivity contribution in [2.45, 2.75) is 52.0 Å². The summed E-state index contributed by atoms with van der Waals surface area (Å²) in [5.74, 6) is -0.581. The normalized spacial score (nSPS) is 16.9. The standard InChI is InChI=1S/C22H25NO6S.ClH/c1-12-16(11-23-9-10-30(26,27)28)29-21-14-6-7-15-13(5-4-8-22(15,2)3)18(14)20(25)19(24)17(12)21;/h6-7,23H,4-5,8-11H2,1-3H3,(H,26,27,28);1H. The number of furan rings is 1. The molecule has 0 unspecified atom stereocenters. The van der Waals surface area contributed by atoms with Crippen LogP contribution in [-0.4, -0.2) is 36.8 Å². The van der Waals surface area contributed by atoms with E-state index in [4.69, 9.17) is 8.97 Å². The van der Waals surface area contributed by atoms with Gasteiger partial charge >= 0.3 is 0 Å². The Morgan fingerprint density at radius 2 is 1.84 bits per heavy atom. The van der Waals surface area contributed by atoms with Crippen LogP contribution >= 0.6 is 12.4 Å². The first-order valence-corrected chi connectivity index (χ1v) is 11.7. The van der Waals surface area contributed by atoms with Gasteiger partial charge < -0.3 is 9.73 Å². The lowest BCUT2D eigenvalue weighted by Crippen LogP contribution is -2.29. The highest BCUT2D eigenvalue weighted by Gasteiger charge is 2.40. The number of fused-ring (bicyclic) bond motifs is 5. The molecule has 1 heterocycles. The molecule has 168 valence electrons. The third-order valence-electron chi connectivity index (χ3n) is 6.24. The van der Waals surface area contributed by atoms with Gasteiger partial charge in [0.1, 0.15) is 11.5 Å². The quantitative estimate of drug-likeness (QED) is 0.392. The van der Waals surface area contributed by atoms with E-state index in [1.807, 2.05) is 12.1 Å². The summed E-state index contributed by atoms with van der Waals surface area (Å²) in [5, 5.41) is 2.89. The Labute approximate surface area is 187 Å². The van der Waals surface area contributed by atoms with E-state index in [0.717, 1.165) is 30.4 Å². The van der Waals surface area contributed by atoms with E-state index in [0.29, 0.717) is 28.2 Å². The topological polar surface area (TPSA) is 114 Å². The summed E-state index contributed by atoms with van der Waals surface area (Å²) in [7, 11) is -4.06. The Kier molecular flexibility index (Phi) is 6.23. The molecule has 0 spiro atoms. The van der Waals surface area contributed by atoms with Gasteiger partial charge in [-0.3, -0.25) is 14.1 Å². The van der Waals surface area contributed by atoms with Gasteiger partial charge in [0.15, 0.2) is 0 Å². The highest BCUT2D eigenvalue weighted by atomic mass is 35.5. The monoisotopic (exact) mass is 467 g/mol. The lowest BCUT2D eigenvalue weighted by atomic mass is 9.69. The summed E-state index contributed by atoms with van der Waals surface area (Å²) in [6.07, 6.45) is 2.76. The van der Waals surface area contributed by atoms with Crippen molar-refractivity contribution in [2.75, 3.05) is 12.3 Å². The fraction of sp³-hybridized carbons (Fsp3) is 0.455. The molecule has 9 heteroatoms. The SMILES string of the molecule is Cc1c(CNCCS(=O)(=O)O)oc2c1C(=O)C(=O)c1c-2ccc2c1CCCC2(C)C.Cl. The van der Waals surface area contributed by atoms with Crippen LogP contribution in [0, 0.1) is 6.92 Å². The predicted molar refractivity (Wildman–Crippen MR) is 119 cm³/mol. The molecule has 0 aliphatic heterocycles. The van der Waals surface area contributed by atoms with Crippen molar-refractivity contribution in [2.24, 2.45) is 0 Å². The Morgan fingerprint density at radius 1 is 1.16 bits per heavy atom. The van der Waals surface area contributed by atoms with Crippen molar-refractivity contribution in [3.05, 3.63) is 45.7 Å². The molecule has 0 bridgehead atoms. The molecule has 0 saturated heterocycles. The average molecular weight is 468 g/mol. The number of hydrogen-bond acceptors (Lipinski definition) is 6. The molecule has 0 radical (unpaired) electrons. The van der Waals surface area contributed by atoms with Crippen molar-refractivity contribution in [3.63, 3.8) is 0 Å². The number of ketones is 2. The lowest BCUT2D eigenvalue weighted by Gasteiger charge is -2.34. The summed E-state index contributed by atoms with van der Waals surface area (Å²) in [6, 6.07) is 3.92. The van der Waals surface area contributed by atoms with Crippen LogP contribution in [0.15, 0.2) is 16.5 Å². The number of hydrogen-bond donors (Lipinski definition) is 2. The van der Waals surface area contributed by atoms with E-state index in [-0.39, 0.29) is 36.5 Å². The fourth-order valence-electron chi connectivity index (χ4n) is 4.65. The Hall–Kier alpha value is -2.00. The first kappa shape index (κ1) is 23.7. The summed E-state index contributed by atoms with van der Waals surface area (Å²) in [6.45, 7) is 6.26. The number of halogens is 1. The van der Waals surface area contributed by atoms with E-state index in [1.165, 1.54) is 0 Å². The number of carbonyl (C=O) groups excluding carboxylic acids is 2. The van der Waals surface area contributed by atoms with Crippen molar-refractivity contribution < 1.29 is 27.0 Å². The van der Waals surface area contributed by atoms with Crippen molar-refractivity contribution in [1.82, 2.24) is 5.32 Å². The summed E-state index contributed by atoms with van der Waals surface area (Å²) < 4.78 is 36.6. The molecule has 0 amide bonds. The van der Waals surface area contributed by atoms with E-state index >= 15 is 0 Å². The van der Waals surface area contributed by atoms with Crippen molar-refractivity contribution >= 4 is 34.1 Å². The van der Waals surface area contributed by atoms with Gasteiger partial charge in [0.25, 0.3) is 10.1 Å². The van der Waals surface area contributed by atoms with Crippen LogP contribution in [0.25, 0.3) is 11.3 Å². The zero-order chi connectivity index (χ0) is 21.8. The predicted octanol–water partition coefficient (Wildman–Crippen LogP) is 3.65. The maximum atomic E-state index is 13.1. The highest BCUT2D eigenvalue weighted by molar-refractivity contribution is 7.85. The zero-order valence-corrected chi connectivity index (χ0v) is 19.3. The maximum Gasteiger partial charge on any atom is 0.266 e. The molecule has 0 fully saturated rings. The Balaban J connectivity index is 0.00000272. The molecule has 7 nitrogen and oxygen atoms in total. The van der Waals surface area contributed by atoms with E-state index < -0.39 is 27.4 Å². The van der Waals surface area contributed by atoms with E-state index in [1.54, 1.807) is 6.92 Å². The second-order valence-corrected chi connectivity index (χ2v) is 10.3. The van der Waals surface area contributed by atoms with E-state index in [2.05, 4.69) is 19.2 Å². The molecular weight excluding hydrogens is 442 g/mol. The van der Waals surface area contributed by atoms with Crippen molar-refractivity contribution in [3.8, 4) is 11.3 Å². The van der Waals surface area contributed by atoms with Gasteiger partial charge in [-0.2, -0.15) is 8.42 Å². The molecule has 2 N–H and O–H groups in total. The van der Waals surface area contributed by atoms with Crippen LogP contribution in [0.2, 0.25) is 0 Å². The van der Waals surface area contributed by atoms with Gasteiger partial charge in [-0.05, 0) is 42.7 Å². The smallest absolute Gasteiger partial charge is 0.266 e. The van der Waals surface area contributed by atoms with Crippen LogP contribution in [0.4, 0.5) is 0 Å².